The molecule has 4 heteroatoms. The van der Waals surface area contributed by atoms with Gasteiger partial charge in [-0.15, -0.1) is 0 Å². The van der Waals surface area contributed by atoms with Crippen LogP contribution >= 0.6 is 0 Å². The minimum absolute atomic E-state index is 0.381. The first-order chi connectivity index (χ1) is 8.84. The van der Waals surface area contributed by atoms with E-state index in [1.807, 2.05) is 0 Å². The van der Waals surface area contributed by atoms with Crippen LogP contribution in [-0.4, -0.2) is 49.7 Å². The second-order valence-electron chi connectivity index (χ2n) is 5.57. The van der Waals surface area contributed by atoms with Gasteiger partial charge in [0.2, 0.25) is 0 Å². The first-order valence-corrected chi connectivity index (χ1v) is 7.45. The number of aliphatic hydroxyl groups is 1. The zero-order valence-electron chi connectivity index (χ0n) is 11.3. The van der Waals surface area contributed by atoms with Gasteiger partial charge >= 0.3 is 0 Å². The highest BCUT2D eigenvalue weighted by atomic mass is 16.5. The van der Waals surface area contributed by atoms with Crippen molar-refractivity contribution in [3.05, 3.63) is 0 Å². The molecule has 1 saturated heterocycles. The Bertz CT molecular complexity index is 191. The molecule has 0 spiro atoms. The molecule has 0 amide bonds. The minimum atomic E-state index is -0.395. The van der Waals surface area contributed by atoms with Gasteiger partial charge in [-0.25, -0.2) is 0 Å². The molecule has 0 aromatic rings. The van der Waals surface area contributed by atoms with Gasteiger partial charge in [0.25, 0.3) is 0 Å². The summed E-state index contributed by atoms with van der Waals surface area (Å²) in [6.07, 6.45) is 8.47. The van der Waals surface area contributed by atoms with Crippen LogP contribution in [0.3, 0.4) is 0 Å². The molecule has 2 fully saturated rings. The summed E-state index contributed by atoms with van der Waals surface area (Å²) < 4.78 is 11.2. The van der Waals surface area contributed by atoms with Gasteiger partial charge < -0.3 is 19.9 Å². The Hall–Kier alpha value is -0.160. The number of hydrogen-bond donors (Lipinski definition) is 2. The van der Waals surface area contributed by atoms with E-state index in [1.54, 1.807) is 0 Å². The van der Waals surface area contributed by atoms with Crippen molar-refractivity contribution in [3.63, 3.8) is 0 Å². The molecule has 0 aromatic heterocycles. The molecule has 4 nitrogen and oxygen atoms in total. The van der Waals surface area contributed by atoms with E-state index in [-0.39, 0.29) is 0 Å². The minimum Gasteiger partial charge on any atom is -0.389 e. The molecule has 2 rings (SSSR count). The van der Waals surface area contributed by atoms with Gasteiger partial charge in [-0.05, 0) is 25.7 Å². The van der Waals surface area contributed by atoms with Gasteiger partial charge in [0.05, 0.1) is 25.4 Å². The lowest BCUT2D eigenvalue weighted by Gasteiger charge is -2.26. The Morgan fingerprint density at radius 3 is 2.72 bits per heavy atom. The number of nitrogens with one attached hydrogen (secondary N) is 1. The monoisotopic (exact) mass is 257 g/mol. The number of ether oxygens (including phenoxy) is 2. The highest BCUT2D eigenvalue weighted by Crippen LogP contribution is 2.20. The first kappa shape index (κ1) is 14.3. The molecular formula is C14H27NO3. The molecule has 1 aliphatic carbocycles. The first-order valence-electron chi connectivity index (χ1n) is 7.45. The van der Waals surface area contributed by atoms with Crippen LogP contribution in [0.15, 0.2) is 0 Å². The van der Waals surface area contributed by atoms with Crippen LogP contribution in [-0.2, 0) is 9.47 Å². The van der Waals surface area contributed by atoms with E-state index in [1.165, 1.54) is 19.3 Å². The summed E-state index contributed by atoms with van der Waals surface area (Å²) >= 11 is 0. The quantitative estimate of drug-likeness (QED) is 0.756. The molecule has 1 saturated carbocycles. The molecule has 2 unspecified atom stereocenters. The van der Waals surface area contributed by atoms with Gasteiger partial charge in [-0.2, -0.15) is 0 Å². The van der Waals surface area contributed by atoms with Crippen molar-refractivity contribution in [1.82, 2.24) is 5.32 Å². The molecule has 1 heterocycles. The Kier molecular flexibility index (Phi) is 6.41. The lowest BCUT2D eigenvalue weighted by atomic mass is 9.98. The van der Waals surface area contributed by atoms with Crippen molar-refractivity contribution in [2.75, 3.05) is 26.4 Å². The van der Waals surface area contributed by atoms with Crippen LogP contribution in [0, 0.1) is 0 Å². The molecule has 2 N–H and O–H groups in total. The van der Waals surface area contributed by atoms with E-state index in [9.17, 15) is 5.11 Å². The van der Waals surface area contributed by atoms with Crippen molar-refractivity contribution in [2.24, 2.45) is 0 Å². The van der Waals surface area contributed by atoms with Crippen molar-refractivity contribution in [2.45, 2.75) is 63.2 Å². The Morgan fingerprint density at radius 2 is 2.00 bits per heavy atom. The summed E-state index contributed by atoms with van der Waals surface area (Å²) in [5.74, 6) is 0. The van der Waals surface area contributed by atoms with Gasteiger partial charge in [0, 0.05) is 19.2 Å². The van der Waals surface area contributed by atoms with E-state index in [2.05, 4.69) is 5.32 Å². The predicted octanol–water partition coefficient (Wildman–Crippen LogP) is 1.47. The van der Waals surface area contributed by atoms with Crippen molar-refractivity contribution in [3.8, 4) is 0 Å². The molecule has 106 valence electrons. The van der Waals surface area contributed by atoms with Crippen LogP contribution in [0.25, 0.3) is 0 Å². The molecule has 0 aromatic carbocycles. The van der Waals surface area contributed by atoms with Crippen LogP contribution in [0.4, 0.5) is 0 Å². The summed E-state index contributed by atoms with van der Waals surface area (Å²) in [4.78, 5) is 0. The zero-order valence-corrected chi connectivity index (χ0v) is 11.3. The summed E-state index contributed by atoms with van der Waals surface area (Å²) in [5.41, 5.74) is 0. The third-order valence-corrected chi connectivity index (χ3v) is 3.88. The molecule has 0 radical (unpaired) electrons. The molecule has 0 bridgehead atoms. The third-order valence-electron chi connectivity index (χ3n) is 3.88. The maximum Gasteiger partial charge on any atom is 0.0897 e. The van der Waals surface area contributed by atoms with E-state index in [0.29, 0.717) is 25.3 Å². The maximum absolute atomic E-state index is 9.88. The van der Waals surface area contributed by atoms with Crippen molar-refractivity contribution in [1.29, 1.82) is 0 Å². The van der Waals surface area contributed by atoms with Gasteiger partial charge in [0.15, 0.2) is 0 Å². The second kappa shape index (κ2) is 8.10. The molecular weight excluding hydrogens is 230 g/mol. The van der Waals surface area contributed by atoms with Gasteiger partial charge in [-0.1, -0.05) is 19.3 Å². The average molecular weight is 257 g/mol. The topological polar surface area (TPSA) is 50.7 Å². The summed E-state index contributed by atoms with van der Waals surface area (Å²) in [7, 11) is 0. The molecule has 2 aliphatic rings. The van der Waals surface area contributed by atoms with Crippen molar-refractivity contribution >= 4 is 0 Å². The van der Waals surface area contributed by atoms with Crippen molar-refractivity contribution < 1.29 is 14.6 Å². The Balaban J connectivity index is 1.52. The number of rotatable bonds is 6. The highest BCUT2D eigenvalue weighted by Gasteiger charge is 2.17. The molecule has 1 aliphatic heterocycles. The fraction of sp³-hybridized carbons (Fsp3) is 1.00. The molecule has 2 atom stereocenters. The zero-order chi connectivity index (χ0) is 12.6. The smallest absolute Gasteiger partial charge is 0.0897 e. The SMILES string of the molecule is OC(CNC1CCCOC1)COC1CCCCC1. The Labute approximate surface area is 110 Å². The largest absolute Gasteiger partial charge is 0.389 e. The average Bonchev–Trinajstić information content (AvgIpc) is 2.45. The van der Waals surface area contributed by atoms with Gasteiger partial charge in [-0.3, -0.25) is 0 Å². The van der Waals surface area contributed by atoms with Crippen LogP contribution in [0.5, 0.6) is 0 Å². The number of aliphatic hydroxyl groups excluding tert-OH is 1. The predicted molar refractivity (Wildman–Crippen MR) is 70.7 cm³/mol. The normalized spacial score (nSPS) is 28.2. The summed E-state index contributed by atoms with van der Waals surface area (Å²) in [6.45, 7) is 2.73. The van der Waals surface area contributed by atoms with Gasteiger partial charge in [0.1, 0.15) is 0 Å². The third kappa shape index (κ3) is 5.22. The number of hydrogen-bond acceptors (Lipinski definition) is 4. The van der Waals surface area contributed by atoms with E-state index in [0.717, 1.165) is 38.9 Å². The second-order valence-corrected chi connectivity index (χ2v) is 5.57. The fourth-order valence-corrected chi connectivity index (χ4v) is 2.74. The fourth-order valence-electron chi connectivity index (χ4n) is 2.74. The van der Waals surface area contributed by atoms with E-state index >= 15 is 0 Å². The van der Waals surface area contributed by atoms with E-state index in [4.69, 9.17) is 9.47 Å². The van der Waals surface area contributed by atoms with Crippen LogP contribution in [0.2, 0.25) is 0 Å². The Morgan fingerprint density at radius 1 is 1.17 bits per heavy atom. The summed E-state index contributed by atoms with van der Waals surface area (Å²) in [6, 6.07) is 0.406. The lowest BCUT2D eigenvalue weighted by Crippen LogP contribution is -2.42. The standard InChI is InChI=1S/C14H27NO3/c16-13(9-15-12-5-4-8-17-10-12)11-18-14-6-2-1-3-7-14/h12-16H,1-11H2. The van der Waals surface area contributed by atoms with E-state index < -0.39 is 6.10 Å². The van der Waals surface area contributed by atoms with Crippen LogP contribution < -0.4 is 5.32 Å². The molecule has 18 heavy (non-hydrogen) atoms. The lowest BCUT2D eigenvalue weighted by molar-refractivity contribution is -0.0255. The highest BCUT2D eigenvalue weighted by molar-refractivity contribution is 4.72. The maximum atomic E-state index is 9.88. The van der Waals surface area contributed by atoms with Crippen LogP contribution in [0.1, 0.15) is 44.9 Å². The summed E-state index contributed by atoms with van der Waals surface area (Å²) in [5, 5.41) is 13.2.